The molecule has 0 radical (unpaired) electrons. The van der Waals surface area contributed by atoms with Gasteiger partial charge in [-0.2, -0.15) is 0 Å². The van der Waals surface area contributed by atoms with Crippen LogP contribution in [0.25, 0.3) is 0 Å². The molecule has 21 nitrogen and oxygen atoms in total. The molecule has 3 aromatic heterocycles. The second kappa shape index (κ2) is 21.4. The van der Waals surface area contributed by atoms with Crippen molar-refractivity contribution in [2.75, 3.05) is 0 Å². The van der Waals surface area contributed by atoms with Crippen LogP contribution in [0.3, 0.4) is 0 Å². The Kier molecular flexibility index (Phi) is 15.4. The number of nitrogens with zero attached hydrogens (tertiary/aromatic N) is 1. The van der Waals surface area contributed by atoms with Crippen LogP contribution in [-0.4, -0.2) is 44.1 Å². The summed E-state index contributed by atoms with van der Waals surface area (Å²) in [6.45, 7) is 2.21. The Balaban J connectivity index is 1.92. The topological polar surface area (TPSA) is 309 Å². The maximum Gasteiger partial charge on any atom is 0.405 e. The zero-order valence-corrected chi connectivity index (χ0v) is 37.9. The largest absolute Gasteiger partial charge is 0.482 e. The number of carbonyl (C=O) groups is 3. The standard InChI is InChI=1S/C49H48N4O17/c1-4-46(50-43(57)58,40-37(34(54)22-25-65-40)68-28-31-16-10-7-11-17-31)49(53(63)64,47(5-2,51-44(59)60)41-38(35(55)23-26-66-41)69-29-32-18-12-8-13-19-32)48(6-3,52-45(61)62)42-39(36(56)24-27-67-42)70-30-33-20-14-9-15-21-33/h7-27,50-52H,4-6,28-30H2,1-3H3,(H,57,58)(H,59,60)(H,61,62). The van der Waals surface area contributed by atoms with Crippen molar-refractivity contribution >= 4 is 18.3 Å². The van der Waals surface area contributed by atoms with Crippen LogP contribution in [0.2, 0.25) is 0 Å². The van der Waals surface area contributed by atoms with Crippen molar-refractivity contribution in [3.05, 3.63) is 203 Å². The molecule has 0 aliphatic rings. The van der Waals surface area contributed by atoms with Crippen LogP contribution in [0.1, 0.15) is 74.0 Å². The smallest absolute Gasteiger partial charge is 0.405 e. The first-order valence-corrected chi connectivity index (χ1v) is 21.6. The lowest BCUT2D eigenvalue weighted by molar-refractivity contribution is -0.622. The Bertz CT molecular complexity index is 2690. The fourth-order valence-electron chi connectivity index (χ4n) is 9.25. The highest BCUT2D eigenvalue weighted by Crippen LogP contribution is 2.62. The maximum absolute atomic E-state index is 15.7. The molecule has 6 N–H and O–H groups in total. The van der Waals surface area contributed by atoms with E-state index in [1.165, 1.54) is 20.8 Å². The molecule has 0 fully saturated rings. The Morgan fingerprint density at radius 2 is 0.757 bits per heavy atom. The first-order valence-electron chi connectivity index (χ1n) is 21.6. The van der Waals surface area contributed by atoms with E-state index < -0.39 is 135 Å². The first-order chi connectivity index (χ1) is 33.6. The number of carboxylic acid groups (broad SMARTS) is 3. The van der Waals surface area contributed by atoms with Crippen LogP contribution in [0.5, 0.6) is 17.2 Å². The number of rotatable bonds is 22. The van der Waals surface area contributed by atoms with E-state index in [0.29, 0.717) is 16.7 Å². The Morgan fingerprint density at radius 3 is 0.971 bits per heavy atom. The molecule has 3 amide bonds. The molecule has 6 rings (SSSR count). The Labute approximate surface area is 397 Å². The minimum absolute atomic E-state index is 0.439. The van der Waals surface area contributed by atoms with Crippen molar-refractivity contribution in [1.82, 2.24) is 16.0 Å². The van der Waals surface area contributed by atoms with E-state index in [1.807, 2.05) is 0 Å². The van der Waals surface area contributed by atoms with Crippen LogP contribution in [-0.2, 0) is 36.4 Å². The van der Waals surface area contributed by atoms with Gasteiger partial charge in [-0.3, -0.25) is 24.5 Å². The number of benzene rings is 3. The summed E-state index contributed by atoms with van der Waals surface area (Å²) >= 11 is 0. The summed E-state index contributed by atoms with van der Waals surface area (Å²) < 4.78 is 36.5. The molecule has 21 heteroatoms. The van der Waals surface area contributed by atoms with Crippen LogP contribution < -0.4 is 46.4 Å². The van der Waals surface area contributed by atoms with E-state index in [-0.39, 0.29) is 0 Å². The van der Waals surface area contributed by atoms with E-state index >= 15 is 10.1 Å². The highest BCUT2D eigenvalue weighted by atomic mass is 16.6. The van der Waals surface area contributed by atoms with Gasteiger partial charge in [-0.1, -0.05) is 112 Å². The van der Waals surface area contributed by atoms with Gasteiger partial charge < -0.3 is 58.7 Å². The molecule has 366 valence electrons. The monoisotopic (exact) mass is 964 g/mol. The lowest BCUT2D eigenvalue weighted by Crippen LogP contribution is -2.86. The van der Waals surface area contributed by atoms with E-state index in [2.05, 4.69) is 16.0 Å². The van der Waals surface area contributed by atoms with Gasteiger partial charge in [0.25, 0.3) is 0 Å². The first kappa shape index (κ1) is 50.5. The van der Waals surface area contributed by atoms with Crippen LogP contribution in [0.4, 0.5) is 14.4 Å². The summed E-state index contributed by atoms with van der Waals surface area (Å²) in [5.41, 5.74) is -15.9. The number of hydrogen-bond acceptors (Lipinski definition) is 14. The van der Waals surface area contributed by atoms with E-state index in [4.69, 9.17) is 27.5 Å². The minimum atomic E-state index is -3.98. The Morgan fingerprint density at radius 1 is 0.500 bits per heavy atom. The third kappa shape index (κ3) is 9.23. The van der Waals surface area contributed by atoms with Crippen molar-refractivity contribution in [2.45, 2.75) is 82.0 Å². The van der Waals surface area contributed by atoms with Gasteiger partial charge in [0.15, 0.2) is 33.9 Å². The number of nitro groups is 1. The molecule has 0 aliphatic heterocycles. The number of amides is 3. The summed E-state index contributed by atoms with van der Waals surface area (Å²) in [5.74, 6) is -5.58. The zero-order valence-electron chi connectivity index (χ0n) is 37.9. The maximum atomic E-state index is 15.7. The van der Waals surface area contributed by atoms with Gasteiger partial charge in [-0.05, 0) is 36.0 Å². The average Bonchev–Trinajstić information content (AvgIpc) is 3.34. The van der Waals surface area contributed by atoms with Crippen LogP contribution in [0, 0.1) is 10.1 Å². The van der Waals surface area contributed by atoms with Crippen molar-refractivity contribution in [3.8, 4) is 17.2 Å². The minimum Gasteiger partial charge on any atom is -0.482 e. The van der Waals surface area contributed by atoms with E-state index in [9.17, 15) is 44.1 Å². The third-order valence-corrected chi connectivity index (χ3v) is 12.0. The summed E-state index contributed by atoms with van der Waals surface area (Å²) in [7, 11) is 0. The summed E-state index contributed by atoms with van der Waals surface area (Å²) in [6, 6.07) is 27.1. The van der Waals surface area contributed by atoms with Crippen molar-refractivity contribution in [3.63, 3.8) is 0 Å². The number of hydrogen-bond donors (Lipinski definition) is 6. The molecule has 3 heterocycles. The highest BCUT2D eigenvalue weighted by molar-refractivity contribution is 5.72. The highest BCUT2D eigenvalue weighted by Gasteiger charge is 2.87. The Hall–Kier alpha value is -8.88. The van der Waals surface area contributed by atoms with Crippen molar-refractivity contribution < 1.29 is 62.1 Å². The van der Waals surface area contributed by atoms with Gasteiger partial charge in [-0.15, -0.1) is 0 Å². The number of nitrogens with one attached hydrogen (secondary N) is 3. The second-order valence-corrected chi connectivity index (χ2v) is 15.7. The quantitative estimate of drug-likeness (QED) is 0.0287. The lowest BCUT2D eigenvalue weighted by Gasteiger charge is -2.58. The van der Waals surface area contributed by atoms with Crippen LogP contribution >= 0.6 is 0 Å². The van der Waals surface area contributed by atoms with Crippen LogP contribution in [0.15, 0.2) is 156 Å². The predicted molar refractivity (Wildman–Crippen MR) is 246 cm³/mol. The zero-order chi connectivity index (χ0) is 50.7. The van der Waals surface area contributed by atoms with Gasteiger partial charge in [-0.25, -0.2) is 14.4 Å². The normalized spacial score (nSPS) is 14.5. The molecule has 0 saturated carbocycles. The van der Waals surface area contributed by atoms with E-state index in [0.717, 1.165) is 37.0 Å². The molecule has 0 saturated heterocycles. The SMILES string of the molecule is CCC(NC(=O)O)(c1occc(=O)c1OCc1ccccc1)C([N+](=O)[O-])(C(CC)(NC(=O)O)c1occc(=O)c1OCc1ccccc1)C(CC)(NC(=O)O)c1occc(=O)c1OCc1ccccc1. The third-order valence-electron chi connectivity index (χ3n) is 12.0. The molecule has 3 aromatic carbocycles. The molecule has 0 spiro atoms. The lowest BCUT2D eigenvalue weighted by atomic mass is 9.50. The van der Waals surface area contributed by atoms with E-state index in [1.54, 1.807) is 91.0 Å². The molecule has 70 heavy (non-hydrogen) atoms. The fourth-order valence-corrected chi connectivity index (χ4v) is 9.25. The molecule has 0 aliphatic carbocycles. The predicted octanol–water partition coefficient (Wildman–Crippen LogP) is 7.32. The van der Waals surface area contributed by atoms with Gasteiger partial charge in [0, 0.05) is 23.1 Å². The molecular weight excluding hydrogens is 917 g/mol. The molecular formula is C49H48N4O17. The average molecular weight is 965 g/mol. The molecule has 6 aromatic rings. The fraction of sp³-hybridized carbons (Fsp3) is 0.265. The number of ether oxygens (including phenoxy) is 3. The molecule has 0 bridgehead atoms. The summed E-state index contributed by atoms with van der Waals surface area (Å²) in [6.07, 6.45) is -6.86. The van der Waals surface area contributed by atoms with Crippen molar-refractivity contribution in [2.24, 2.45) is 0 Å². The van der Waals surface area contributed by atoms with Gasteiger partial charge in [0.2, 0.25) is 33.5 Å². The van der Waals surface area contributed by atoms with Gasteiger partial charge in [0.1, 0.15) is 19.8 Å². The van der Waals surface area contributed by atoms with Gasteiger partial charge >= 0.3 is 23.8 Å². The summed E-state index contributed by atoms with van der Waals surface area (Å²) in [5, 5.41) is 55.4. The van der Waals surface area contributed by atoms with Gasteiger partial charge in [0.05, 0.1) is 18.8 Å². The van der Waals surface area contributed by atoms with Crippen molar-refractivity contribution in [1.29, 1.82) is 0 Å². The molecule has 3 unspecified atom stereocenters. The summed E-state index contributed by atoms with van der Waals surface area (Å²) in [4.78, 5) is 98.5. The second-order valence-electron chi connectivity index (χ2n) is 15.7. The molecule has 3 atom stereocenters.